The Hall–Kier alpha value is -2.47. The number of fused-ring (bicyclic) bond motifs is 1. The van der Waals surface area contributed by atoms with Gasteiger partial charge in [0, 0.05) is 30.9 Å². The third kappa shape index (κ3) is 2.63. The minimum atomic E-state index is 0.596. The molecular formula is C17H16ClN5O. The molecule has 0 spiro atoms. The lowest BCUT2D eigenvalue weighted by Crippen LogP contribution is -2.31. The zero-order chi connectivity index (χ0) is 16.7. The van der Waals surface area contributed by atoms with E-state index in [4.69, 9.17) is 16.2 Å². The first kappa shape index (κ1) is 15.1. The van der Waals surface area contributed by atoms with Gasteiger partial charge in [0.25, 0.3) is 0 Å². The highest BCUT2D eigenvalue weighted by Crippen LogP contribution is 2.32. The Labute approximate surface area is 144 Å². The van der Waals surface area contributed by atoms with Crippen LogP contribution in [0.5, 0.6) is 0 Å². The molecule has 0 radical (unpaired) electrons. The first-order valence-corrected chi connectivity index (χ1v) is 8.14. The molecule has 0 fully saturated rings. The number of hydrogen-bond acceptors (Lipinski definition) is 6. The molecular weight excluding hydrogens is 326 g/mol. The van der Waals surface area contributed by atoms with Gasteiger partial charge in [-0.25, -0.2) is 9.61 Å². The summed E-state index contributed by atoms with van der Waals surface area (Å²) < 4.78 is 4.81. The first-order chi connectivity index (χ1) is 11.6. The molecule has 0 saturated heterocycles. The van der Waals surface area contributed by atoms with E-state index >= 15 is 0 Å². The van der Waals surface area contributed by atoms with E-state index < -0.39 is 0 Å². The Morgan fingerprint density at radius 1 is 1.08 bits per heavy atom. The molecule has 0 unspecified atom stereocenters. The lowest BCUT2D eigenvalue weighted by Gasteiger charge is -2.26. The minimum Gasteiger partial charge on any atom is -0.350 e. The van der Waals surface area contributed by atoms with Gasteiger partial charge in [-0.05, 0) is 31.0 Å². The predicted molar refractivity (Wildman–Crippen MR) is 91.0 cm³/mol. The highest BCUT2D eigenvalue weighted by atomic mass is 35.5. The maximum absolute atomic E-state index is 6.39. The molecule has 1 aliphatic heterocycles. The van der Waals surface area contributed by atoms with E-state index in [-0.39, 0.29) is 0 Å². The van der Waals surface area contributed by atoms with Crippen molar-refractivity contribution < 1.29 is 4.63 Å². The van der Waals surface area contributed by atoms with Gasteiger partial charge in [-0.1, -0.05) is 28.0 Å². The molecule has 0 aromatic carbocycles. The van der Waals surface area contributed by atoms with E-state index in [0.717, 1.165) is 52.6 Å². The monoisotopic (exact) mass is 341 g/mol. The van der Waals surface area contributed by atoms with Gasteiger partial charge >= 0.3 is 0 Å². The van der Waals surface area contributed by atoms with Crippen LogP contribution in [0.2, 0.25) is 5.02 Å². The predicted octanol–water partition coefficient (Wildman–Crippen LogP) is 3.36. The summed E-state index contributed by atoms with van der Waals surface area (Å²) in [7, 11) is 0. The van der Waals surface area contributed by atoms with E-state index in [0.29, 0.717) is 11.6 Å². The fourth-order valence-corrected chi connectivity index (χ4v) is 3.20. The molecule has 0 aliphatic carbocycles. The second-order valence-corrected chi connectivity index (χ2v) is 6.44. The summed E-state index contributed by atoms with van der Waals surface area (Å²) in [5, 5.41) is 8.48. The summed E-state index contributed by atoms with van der Waals surface area (Å²) in [5.41, 5.74) is 5.79. The fourth-order valence-electron chi connectivity index (χ4n) is 3.01. The van der Waals surface area contributed by atoms with Crippen molar-refractivity contribution in [3.8, 4) is 11.3 Å². The van der Waals surface area contributed by atoms with Gasteiger partial charge in [-0.2, -0.15) is 0 Å². The van der Waals surface area contributed by atoms with Gasteiger partial charge in [0.05, 0.1) is 17.3 Å². The van der Waals surface area contributed by atoms with Crippen molar-refractivity contribution in [2.45, 2.75) is 26.8 Å². The topological polar surface area (TPSA) is 67.9 Å². The molecule has 4 heterocycles. The summed E-state index contributed by atoms with van der Waals surface area (Å²) in [5.74, 6) is 0.852. The average molecular weight is 342 g/mol. The summed E-state index contributed by atoms with van der Waals surface area (Å²) in [6.45, 7) is 5.52. The van der Waals surface area contributed by atoms with Crippen LogP contribution >= 0.6 is 11.6 Å². The van der Waals surface area contributed by atoms with E-state index in [9.17, 15) is 0 Å². The largest absolute Gasteiger partial charge is 0.350 e. The third-order valence-electron chi connectivity index (χ3n) is 4.23. The zero-order valence-corrected chi connectivity index (χ0v) is 14.2. The molecule has 6 nitrogen and oxygen atoms in total. The highest BCUT2D eigenvalue weighted by molar-refractivity contribution is 6.33. The summed E-state index contributed by atoms with van der Waals surface area (Å²) in [6.07, 6.45) is 4.33. The zero-order valence-electron chi connectivity index (χ0n) is 13.5. The maximum Gasteiger partial charge on any atom is 0.129 e. The molecule has 3 aromatic rings. The van der Waals surface area contributed by atoms with E-state index in [2.05, 4.69) is 31.2 Å². The van der Waals surface area contributed by atoms with Crippen molar-refractivity contribution in [1.29, 1.82) is 0 Å². The lowest BCUT2D eigenvalue weighted by atomic mass is 10.1. The Bertz CT molecular complexity index is 908. The molecule has 0 amide bonds. The van der Waals surface area contributed by atoms with Gasteiger partial charge in [0.2, 0.25) is 0 Å². The average Bonchev–Trinajstić information content (AvgIpc) is 3.03. The second-order valence-electron chi connectivity index (χ2n) is 6.03. The Kier molecular flexibility index (Phi) is 3.69. The summed E-state index contributed by atoms with van der Waals surface area (Å²) >= 11 is 6.39. The number of rotatable bonds is 2. The quantitative estimate of drug-likeness (QED) is 0.712. The van der Waals surface area contributed by atoms with Crippen LogP contribution in [0.25, 0.3) is 11.3 Å². The van der Waals surface area contributed by atoms with Crippen molar-refractivity contribution >= 4 is 17.4 Å². The number of nitrogens with zero attached hydrogens (tertiary/aromatic N) is 5. The standard InChI is InChI=1S/C17H16ClN5O/c1-10-5-11(2)17(20-7-10)12-6-16(19-8-13(12)18)23-4-3-14-15(9-23)22-24-21-14/h5-8H,3-4,9H2,1-2H3. The van der Waals surface area contributed by atoms with Crippen LogP contribution in [-0.2, 0) is 13.0 Å². The van der Waals surface area contributed by atoms with Crippen LogP contribution in [0, 0.1) is 13.8 Å². The molecule has 4 rings (SSSR count). The summed E-state index contributed by atoms with van der Waals surface area (Å²) in [4.78, 5) is 11.2. The molecule has 1 aliphatic rings. The second kappa shape index (κ2) is 5.87. The van der Waals surface area contributed by atoms with E-state index in [1.54, 1.807) is 6.20 Å². The van der Waals surface area contributed by atoms with Crippen LogP contribution < -0.4 is 4.90 Å². The van der Waals surface area contributed by atoms with Crippen LogP contribution in [0.3, 0.4) is 0 Å². The van der Waals surface area contributed by atoms with E-state index in [1.807, 2.05) is 26.1 Å². The number of aryl methyl sites for hydroxylation is 2. The molecule has 0 N–H and O–H groups in total. The van der Waals surface area contributed by atoms with Crippen LogP contribution in [0.1, 0.15) is 22.5 Å². The van der Waals surface area contributed by atoms with E-state index in [1.165, 1.54) is 0 Å². The molecule has 0 atom stereocenters. The number of halogens is 1. The van der Waals surface area contributed by atoms with Crippen molar-refractivity contribution in [2.75, 3.05) is 11.4 Å². The van der Waals surface area contributed by atoms with Gasteiger partial charge in [-0.3, -0.25) is 4.98 Å². The molecule has 24 heavy (non-hydrogen) atoms. The van der Waals surface area contributed by atoms with Crippen molar-refractivity contribution in [1.82, 2.24) is 20.3 Å². The minimum absolute atomic E-state index is 0.596. The number of aromatic nitrogens is 4. The van der Waals surface area contributed by atoms with Crippen molar-refractivity contribution in [2.24, 2.45) is 0 Å². The smallest absolute Gasteiger partial charge is 0.129 e. The lowest BCUT2D eigenvalue weighted by molar-refractivity contribution is 0.301. The normalized spacial score (nSPS) is 13.9. The maximum atomic E-state index is 6.39. The summed E-state index contributed by atoms with van der Waals surface area (Å²) in [6, 6.07) is 4.10. The van der Waals surface area contributed by atoms with Crippen LogP contribution in [-0.4, -0.2) is 26.8 Å². The molecule has 3 aromatic heterocycles. The van der Waals surface area contributed by atoms with Gasteiger partial charge < -0.3 is 4.90 Å². The van der Waals surface area contributed by atoms with Crippen LogP contribution in [0.15, 0.2) is 29.2 Å². The fraction of sp³-hybridized carbons (Fsp3) is 0.294. The van der Waals surface area contributed by atoms with Crippen molar-refractivity contribution in [3.63, 3.8) is 0 Å². The SMILES string of the molecule is Cc1cnc(-c2cc(N3CCc4nonc4C3)ncc2Cl)c(C)c1. The highest BCUT2D eigenvalue weighted by Gasteiger charge is 2.23. The molecule has 7 heteroatoms. The first-order valence-electron chi connectivity index (χ1n) is 7.76. The molecule has 122 valence electrons. The number of anilines is 1. The third-order valence-corrected chi connectivity index (χ3v) is 4.53. The number of hydrogen-bond donors (Lipinski definition) is 0. The number of pyridine rings is 2. The van der Waals surface area contributed by atoms with Gasteiger partial charge in [-0.15, -0.1) is 0 Å². The Balaban J connectivity index is 1.72. The van der Waals surface area contributed by atoms with Gasteiger partial charge in [0.1, 0.15) is 17.2 Å². The molecule has 0 bridgehead atoms. The van der Waals surface area contributed by atoms with Crippen LogP contribution in [0.4, 0.5) is 5.82 Å². The Morgan fingerprint density at radius 3 is 2.75 bits per heavy atom. The van der Waals surface area contributed by atoms with Crippen molar-refractivity contribution in [3.05, 3.63) is 52.1 Å². The Morgan fingerprint density at radius 2 is 1.92 bits per heavy atom. The van der Waals surface area contributed by atoms with Gasteiger partial charge in [0.15, 0.2) is 0 Å². The molecule has 0 saturated carbocycles.